The van der Waals surface area contributed by atoms with Crippen LogP contribution in [0.25, 0.3) is 11.1 Å². The summed E-state index contributed by atoms with van der Waals surface area (Å²) in [6.45, 7) is 10.5. The lowest BCUT2D eigenvalue weighted by Crippen LogP contribution is -2.26. The zero-order chi connectivity index (χ0) is 18.7. The molecule has 1 aromatic carbocycles. The Morgan fingerprint density at radius 1 is 0.962 bits per heavy atom. The van der Waals surface area contributed by atoms with Crippen LogP contribution in [0.15, 0.2) is 24.3 Å². The summed E-state index contributed by atoms with van der Waals surface area (Å²) < 4.78 is 5.74. The van der Waals surface area contributed by atoms with Gasteiger partial charge in [-0.1, -0.05) is 19.1 Å². The fourth-order valence-corrected chi connectivity index (χ4v) is 3.76. The van der Waals surface area contributed by atoms with Crippen LogP contribution in [-0.2, 0) is 0 Å². The third kappa shape index (κ3) is 4.54. The first-order valence-corrected chi connectivity index (χ1v) is 9.81. The van der Waals surface area contributed by atoms with Gasteiger partial charge in [-0.2, -0.15) is 0 Å². The number of hydrogen-bond acceptors (Lipinski definition) is 4. The Balaban J connectivity index is 1.76. The second kappa shape index (κ2) is 8.07. The molecular weight excluding hydrogens is 322 g/mol. The molecule has 4 nitrogen and oxygen atoms in total. The van der Waals surface area contributed by atoms with Gasteiger partial charge in [0.05, 0.1) is 17.5 Å². The molecule has 1 aromatic heterocycles. The predicted octanol–water partition coefficient (Wildman–Crippen LogP) is 5.54. The Labute approximate surface area is 157 Å². The summed E-state index contributed by atoms with van der Waals surface area (Å²) in [5.41, 5.74) is 4.28. The van der Waals surface area contributed by atoms with E-state index >= 15 is 0 Å². The average Bonchev–Trinajstić information content (AvgIpc) is 2.57. The number of nitrogens with one attached hydrogen (secondary N) is 1. The molecule has 0 spiro atoms. The van der Waals surface area contributed by atoms with Gasteiger partial charge in [0, 0.05) is 11.6 Å². The summed E-state index contributed by atoms with van der Waals surface area (Å²) in [5, 5.41) is 3.55. The van der Waals surface area contributed by atoms with E-state index < -0.39 is 0 Å². The Morgan fingerprint density at radius 2 is 1.54 bits per heavy atom. The molecule has 1 aliphatic rings. The van der Waals surface area contributed by atoms with Gasteiger partial charge in [0.1, 0.15) is 5.75 Å². The highest BCUT2D eigenvalue weighted by Gasteiger charge is 2.19. The maximum Gasteiger partial charge on any atom is 0.223 e. The number of aryl methyl sites for hydroxylation is 2. The minimum atomic E-state index is 0.181. The van der Waals surface area contributed by atoms with Gasteiger partial charge in [-0.05, 0) is 77.0 Å². The molecule has 0 radical (unpaired) electrons. The van der Waals surface area contributed by atoms with E-state index in [4.69, 9.17) is 14.7 Å². The van der Waals surface area contributed by atoms with E-state index in [1.165, 1.54) is 25.7 Å². The number of nitrogens with zero attached hydrogens (tertiary/aromatic N) is 2. The van der Waals surface area contributed by atoms with Crippen molar-refractivity contribution in [1.29, 1.82) is 0 Å². The van der Waals surface area contributed by atoms with E-state index in [1.807, 2.05) is 26.0 Å². The van der Waals surface area contributed by atoms with Gasteiger partial charge in [0.25, 0.3) is 0 Å². The van der Waals surface area contributed by atoms with Gasteiger partial charge in [-0.25, -0.2) is 9.97 Å². The lowest BCUT2D eigenvalue weighted by Gasteiger charge is -2.27. The molecule has 1 saturated carbocycles. The molecule has 1 aliphatic carbocycles. The van der Waals surface area contributed by atoms with Crippen molar-refractivity contribution in [3.8, 4) is 16.9 Å². The van der Waals surface area contributed by atoms with Crippen LogP contribution in [0.1, 0.15) is 57.8 Å². The van der Waals surface area contributed by atoms with E-state index in [0.717, 1.165) is 40.1 Å². The normalized spacial score (nSPS) is 20.2. The predicted molar refractivity (Wildman–Crippen MR) is 108 cm³/mol. The standard InChI is InChI=1S/C22H31N3O/c1-14(2)26-20-12-8-18(9-13-20)21-16(4)23-22(24-17(21)5)25-19-10-6-15(3)7-11-19/h8-9,12-15,19H,6-7,10-11H2,1-5H3,(H,23,24,25)/t15-,19-. The van der Waals surface area contributed by atoms with Crippen molar-refractivity contribution in [1.82, 2.24) is 9.97 Å². The first-order chi connectivity index (χ1) is 12.4. The van der Waals surface area contributed by atoms with E-state index in [0.29, 0.717) is 6.04 Å². The fraction of sp³-hybridized carbons (Fsp3) is 0.545. The molecule has 1 fully saturated rings. The van der Waals surface area contributed by atoms with E-state index in [2.05, 4.69) is 38.2 Å². The van der Waals surface area contributed by atoms with Gasteiger partial charge < -0.3 is 10.1 Å². The van der Waals surface area contributed by atoms with Crippen molar-refractivity contribution in [2.75, 3.05) is 5.32 Å². The van der Waals surface area contributed by atoms with Gasteiger partial charge >= 0.3 is 0 Å². The van der Waals surface area contributed by atoms with Crippen molar-refractivity contribution in [2.24, 2.45) is 5.92 Å². The van der Waals surface area contributed by atoms with Crippen LogP contribution in [0, 0.1) is 19.8 Å². The largest absolute Gasteiger partial charge is 0.491 e. The number of anilines is 1. The summed E-state index contributed by atoms with van der Waals surface area (Å²) >= 11 is 0. The molecule has 0 saturated heterocycles. The molecule has 1 N–H and O–H groups in total. The number of aromatic nitrogens is 2. The maximum atomic E-state index is 5.74. The van der Waals surface area contributed by atoms with Gasteiger partial charge in [0.15, 0.2) is 0 Å². The zero-order valence-electron chi connectivity index (χ0n) is 16.7. The third-order valence-corrected chi connectivity index (χ3v) is 5.13. The zero-order valence-corrected chi connectivity index (χ0v) is 16.7. The molecule has 0 unspecified atom stereocenters. The van der Waals surface area contributed by atoms with Crippen molar-refractivity contribution in [3.63, 3.8) is 0 Å². The van der Waals surface area contributed by atoms with Crippen LogP contribution in [0.4, 0.5) is 5.95 Å². The summed E-state index contributed by atoms with van der Waals surface area (Å²) in [6.07, 6.45) is 5.18. The first kappa shape index (κ1) is 18.7. The van der Waals surface area contributed by atoms with Crippen LogP contribution in [0.5, 0.6) is 5.75 Å². The average molecular weight is 354 g/mol. The van der Waals surface area contributed by atoms with E-state index in [9.17, 15) is 0 Å². The van der Waals surface area contributed by atoms with E-state index in [-0.39, 0.29) is 6.10 Å². The van der Waals surface area contributed by atoms with Crippen LogP contribution in [0.2, 0.25) is 0 Å². The SMILES string of the molecule is Cc1nc(N[C@H]2CC[C@H](C)CC2)nc(C)c1-c1ccc(OC(C)C)cc1. The molecule has 0 aliphatic heterocycles. The van der Waals surface area contributed by atoms with Crippen molar-refractivity contribution in [2.45, 2.75) is 72.4 Å². The second-order valence-electron chi connectivity index (χ2n) is 7.89. The molecule has 4 heteroatoms. The van der Waals surface area contributed by atoms with Gasteiger partial charge in [-0.3, -0.25) is 0 Å². The quantitative estimate of drug-likeness (QED) is 0.767. The highest BCUT2D eigenvalue weighted by atomic mass is 16.5. The van der Waals surface area contributed by atoms with Crippen LogP contribution in [-0.4, -0.2) is 22.1 Å². The Morgan fingerprint density at radius 3 is 2.08 bits per heavy atom. The van der Waals surface area contributed by atoms with E-state index in [1.54, 1.807) is 0 Å². The minimum absolute atomic E-state index is 0.181. The molecule has 1 heterocycles. The summed E-state index contributed by atoms with van der Waals surface area (Å²) in [4.78, 5) is 9.48. The highest BCUT2D eigenvalue weighted by Crippen LogP contribution is 2.29. The number of benzene rings is 1. The molecule has 0 atom stereocenters. The lowest BCUT2D eigenvalue weighted by atomic mass is 9.87. The summed E-state index contributed by atoms with van der Waals surface area (Å²) in [7, 11) is 0. The summed E-state index contributed by atoms with van der Waals surface area (Å²) in [6, 6.07) is 8.72. The maximum absolute atomic E-state index is 5.74. The summed E-state index contributed by atoms with van der Waals surface area (Å²) in [5.74, 6) is 2.51. The van der Waals surface area contributed by atoms with Crippen LogP contribution < -0.4 is 10.1 Å². The molecular formula is C22H31N3O. The van der Waals surface area contributed by atoms with Crippen LogP contribution in [0.3, 0.4) is 0 Å². The smallest absolute Gasteiger partial charge is 0.223 e. The molecule has 26 heavy (non-hydrogen) atoms. The topological polar surface area (TPSA) is 47.0 Å². The minimum Gasteiger partial charge on any atom is -0.491 e. The van der Waals surface area contributed by atoms with Gasteiger partial charge in [-0.15, -0.1) is 0 Å². The van der Waals surface area contributed by atoms with Crippen molar-refractivity contribution < 1.29 is 4.74 Å². The van der Waals surface area contributed by atoms with Crippen LogP contribution >= 0.6 is 0 Å². The Kier molecular flexibility index (Phi) is 5.80. The molecule has 140 valence electrons. The monoisotopic (exact) mass is 353 g/mol. The molecule has 0 amide bonds. The van der Waals surface area contributed by atoms with Gasteiger partial charge in [0.2, 0.25) is 5.95 Å². The number of ether oxygens (including phenoxy) is 1. The number of rotatable bonds is 5. The third-order valence-electron chi connectivity index (χ3n) is 5.13. The van der Waals surface area contributed by atoms with Crippen molar-refractivity contribution >= 4 is 5.95 Å². The molecule has 0 bridgehead atoms. The Bertz CT molecular complexity index is 709. The fourth-order valence-electron chi connectivity index (χ4n) is 3.76. The Hall–Kier alpha value is -2.10. The van der Waals surface area contributed by atoms with Crippen molar-refractivity contribution in [3.05, 3.63) is 35.7 Å². The lowest BCUT2D eigenvalue weighted by molar-refractivity contribution is 0.242. The molecule has 2 aromatic rings. The number of hydrogen-bond donors (Lipinski definition) is 1. The molecule has 3 rings (SSSR count). The first-order valence-electron chi connectivity index (χ1n) is 9.81. The highest BCUT2D eigenvalue weighted by molar-refractivity contribution is 5.69. The second-order valence-corrected chi connectivity index (χ2v) is 7.89.